The standard InChI is InChI=1S/C16H28O10/c1-7-14(26-15-12(20)10(18)9(17)6-23-15)11(19)13(21)16(24-7)25-8-3-2-4-22-5-8/h7-21H,2-6H2,1H3/t7-,8+,9+,10-,11-,12+,13+,14-,15-,16-/m0/s1. The molecule has 0 amide bonds. The van der Waals surface area contributed by atoms with Crippen molar-refractivity contribution in [3.63, 3.8) is 0 Å². The van der Waals surface area contributed by atoms with Crippen LogP contribution in [0.4, 0.5) is 0 Å². The molecule has 0 saturated carbocycles. The predicted molar refractivity (Wildman–Crippen MR) is 83.9 cm³/mol. The van der Waals surface area contributed by atoms with Gasteiger partial charge in [-0.2, -0.15) is 0 Å². The van der Waals surface area contributed by atoms with Gasteiger partial charge in [-0.05, 0) is 19.8 Å². The summed E-state index contributed by atoms with van der Waals surface area (Å²) < 4.78 is 27.4. The molecule has 3 heterocycles. The quantitative estimate of drug-likeness (QED) is 0.354. The van der Waals surface area contributed by atoms with E-state index < -0.39 is 55.3 Å². The summed E-state index contributed by atoms with van der Waals surface area (Å²) in [4.78, 5) is 0. The van der Waals surface area contributed by atoms with E-state index in [1.54, 1.807) is 6.92 Å². The molecule has 10 heteroatoms. The fourth-order valence-electron chi connectivity index (χ4n) is 3.37. The van der Waals surface area contributed by atoms with Gasteiger partial charge >= 0.3 is 0 Å². The molecule has 0 aromatic carbocycles. The van der Waals surface area contributed by atoms with Crippen LogP contribution in [0.15, 0.2) is 0 Å². The monoisotopic (exact) mass is 380 g/mol. The number of aliphatic hydroxyl groups excluding tert-OH is 5. The molecule has 10 atom stereocenters. The molecule has 0 aromatic rings. The SMILES string of the molecule is C[C@@H]1O[C@@H](O[C@@H]2CCCOC2)[C@H](O)[C@H](O)[C@H]1O[C@@H]1OC[C@@H](O)[C@H](O)[C@H]1O. The van der Waals surface area contributed by atoms with E-state index in [9.17, 15) is 25.5 Å². The Hall–Kier alpha value is -0.400. The average Bonchev–Trinajstić information content (AvgIpc) is 2.63. The fraction of sp³-hybridized carbons (Fsp3) is 1.00. The minimum absolute atomic E-state index is 0.222. The minimum Gasteiger partial charge on any atom is -0.388 e. The van der Waals surface area contributed by atoms with E-state index in [4.69, 9.17) is 23.7 Å². The van der Waals surface area contributed by atoms with Crippen LogP contribution < -0.4 is 0 Å². The second-order valence-corrected chi connectivity index (χ2v) is 7.02. The second kappa shape index (κ2) is 8.74. The molecule has 26 heavy (non-hydrogen) atoms. The molecule has 3 rings (SSSR count). The summed E-state index contributed by atoms with van der Waals surface area (Å²) >= 11 is 0. The number of rotatable bonds is 4. The van der Waals surface area contributed by atoms with E-state index in [2.05, 4.69) is 0 Å². The normalized spacial score (nSPS) is 50.5. The Balaban J connectivity index is 1.58. The Morgan fingerprint density at radius 1 is 0.846 bits per heavy atom. The van der Waals surface area contributed by atoms with Gasteiger partial charge in [-0.1, -0.05) is 0 Å². The molecule has 5 N–H and O–H groups in total. The van der Waals surface area contributed by atoms with Crippen molar-refractivity contribution in [1.29, 1.82) is 0 Å². The van der Waals surface area contributed by atoms with E-state index in [0.29, 0.717) is 13.2 Å². The highest BCUT2D eigenvalue weighted by molar-refractivity contribution is 4.91. The number of ether oxygens (including phenoxy) is 5. The van der Waals surface area contributed by atoms with Crippen molar-refractivity contribution in [2.75, 3.05) is 19.8 Å². The van der Waals surface area contributed by atoms with Crippen molar-refractivity contribution in [2.24, 2.45) is 0 Å². The number of aliphatic hydroxyl groups is 5. The summed E-state index contributed by atoms with van der Waals surface area (Å²) in [6.07, 6.45) is -9.47. The Morgan fingerprint density at radius 3 is 2.27 bits per heavy atom. The summed E-state index contributed by atoms with van der Waals surface area (Å²) in [6, 6.07) is 0. The molecule has 0 aromatic heterocycles. The Labute approximate surface area is 151 Å². The molecule has 0 bridgehead atoms. The molecule has 0 aliphatic carbocycles. The van der Waals surface area contributed by atoms with Crippen molar-refractivity contribution in [3.8, 4) is 0 Å². The van der Waals surface area contributed by atoms with Crippen LogP contribution in [-0.4, -0.2) is 107 Å². The lowest BCUT2D eigenvalue weighted by Crippen LogP contribution is -2.62. The van der Waals surface area contributed by atoms with Crippen LogP contribution in [0, 0.1) is 0 Å². The van der Waals surface area contributed by atoms with Crippen molar-refractivity contribution >= 4 is 0 Å². The van der Waals surface area contributed by atoms with Crippen LogP contribution in [0.25, 0.3) is 0 Å². The lowest BCUT2D eigenvalue weighted by Gasteiger charge is -2.45. The number of hydrogen-bond acceptors (Lipinski definition) is 10. The molecule has 0 spiro atoms. The minimum atomic E-state index is -1.50. The van der Waals surface area contributed by atoms with Gasteiger partial charge in [0, 0.05) is 6.61 Å². The molecule has 3 saturated heterocycles. The highest BCUT2D eigenvalue weighted by Gasteiger charge is 2.48. The molecular formula is C16H28O10. The zero-order chi connectivity index (χ0) is 18.8. The summed E-state index contributed by atoms with van der Waals surface area (Å²) in [7, 11) is 0. The lowest BCUT2D eigenvalue weighted by molar-refractivity contribution is -0.349. The molecule has 10 nitrogen and oxygen atoms in total. The first kappa shape index (κ1) is 20.3. The average molecular weight is 380 g/mol. The van der Waals surface area contributed by atoms with Crippen LogP contribution in [0.3, 0.4) is 0 Å². The summed E-state index contributed by atoms with van der Waals surface area (Å²) in [5.74, 6) is 0. The Morgan fingerprint density at radius 2 is 1.58 bits per heavy atom. The molecule has 3 fully saturated rings. The van der Waals surface area contributed by atoms with Crippen LogP contribution in [0.1, 0.15) is 19.8 Å². The van der Waals surface area contributed by atoms with Gasteiger partial charge in [0.1, 0.15) is 36.6 Å². The summed E-state index contributed by atoms with van der Waals surface area (Å²) in [5.41, 5.74) is 0. The van der Waals surface area contributed by atoms with Crippen molar-refractivity contribution < 1.29 is 49.2 Å². The van der Waals surface area contributed by atoms with Crippen LogP contribution >= 0.6 is 0 Å². The third-order valence-corrected chi connectivity index (χ3v) is 4.97. The molecule has 0 unspecified atom stereocenters. The first-order valence-corrected chi connectivity index (χ1v) is 8.94. The van der Waals surface area contributed by atoms with Gasteiger partial charge in [0.2, 0.25) is 0 Å². The Kier molecular flexibility index (Phi) is 6.83. The zero-order valence-electron chi connectivity index (χ0n) is 14.6. The van der Waals surface area contributed by atoms with E-state index in [1.807, 2.05) is 0 Å². The number of hydrogen-bond donors (Lipinski definition) is 5. The zero-order valence-corrected chi connectivity index (χ0v) is 14.6. The first-order chi connectivity index (χ1) is 12.4. The van der Waals surface area contributed by atoms with Gasteiger partial charge in [0.05, 0.1) is 25.4 Å². The van der Waals surface area contributed by atoms with E-state index >= 15 is 0 Å². The maximum absolute atomic E-state index is 10.4. The highest BCUT2D eigenvalue weighted by Crippen LogP contribution is 2.29. The maximum Gasteiger partial charge on any atom is 0.186 e. The van der Waals surface area contributed by atoms with Gasteiger partial charge < -0.3 is 49.2 Å². The maximum atomic E-state index is 10.4. The topological polar surface area (TPSA) is 147 Å². The molecule has 3 aliphatic heterocycles. The van der Waals surface area contributed by atoms with Crippen molar-refractivity contribution in [2.45, 2.75) is 81.2 Å². The molecule has 152 valence electrons. The van der Waals surface area contributed by atoms with Crippen molar-refractivity contribution in [3.05, 3.63) is 0 Å². The van der Waals surface area contributed by atoms with E-state index in [0.717, 1.165) is 12.8 Å². The Bertz CT molecular complexity index is 445. The van der Waals surface area contributed by atoms with Crippen LogP contribution in [-0.2, 0) is 23.7 Å². The van der Waals surface area contributed by atoms with Gasteiger partial charge in [0.25, 0.3) is 0 Å². The largest absolute Gasteiger partial charge is 0.388 e. The third-order valence-electron chi connectivity index (χ3n) is 4.97. The van der Waals surface area contributed by atoms with Gasteiger partial charge in [0.15, 0.2) is 12.6 Å². The summed E-state index contributed by atoms with van der Waals surface area (Å²) in [6.45, 7) is 2.48. The smallest absolute Gasteiger partial charge is 0.186 e. The van der Waals surface area contributed by atoms with Gasteiger partial charge in [-0.15, -0.1) is 0 Å². The highest BCUT2D eigenvalue weighted by atomic mass is 16.7. The molecule has 0 radical (unpaired) electrons. The van der Waals surface area contributed by atoms with Crippen LogP contribution in [0.5, 0.6) is 0 Å². The molecule has 3 aliphatic rings. The fourth-order valence-corrected chi connectivity index (χ4v) is 3.37. The van der Waals surface area contributed by atoms with Crippen LogP contribution in [0.2, 0.25) is 0 Å². The van der Waals surface area contributed by atoms with Gasteiger partial charge in [-0.25, -0.2) is 0 Å². The summed E-state index contributed by atoms with van der Waals surface area (Å²) in [5, 5.41) is 49.9. The van der Waals surface area contributed by atoms with Crippen molar-refractivity contribution in [1.82, 2.24) is 0 Å². The first-order valence-electron chi connectivity index (χ1n) is 8.94. The van der Waals surface area contributed by atoms with E-state index in [1.165, 1.54) is 0 Å². The second-order valence-electron chi connectivity index (χ2n) is 7.02. The predicted octanol–water partition coefficient (Wildman–Crippen LogP) is -2.53. The third kappa shape index (κ3) is 4.36. The van der Waals surface area contributed by atoms with E-state index in [-0.39, 0.29) is 12.7 Å². The van der Waals surface area contributed by atoms with Gasteiger partial charge in [-0.3, -0.25) is 0 Å². The molecular weight excluding hydrogens is 352 g/mol. The lowest BCUT2D eigenvalue weighted by atomic mass is 9.98.